The summed E-state index contributed by atoms with van der Waals surface area (Å²) >= 11 is 5.59. The van der Waals surface area contributed by atoms with Gasteiger partial charge in [0.15, 0.2) is 0 Å². The SMILES string of the molecule is O=C1[C@H]2CCCC[C@H]2C(=O)N1CCCCCl. The minimum atomic E-state index is -0.00254. The lowest BCUT2D eigenvalue weighted by molar-refractivity contribution is -0.139. The maximum Gasteiger partial charge on any atom is 0.233 e. The molecule has 2 fully saturated rings. The van der Waals surface area contributed by atoms with Gasteiger partial charge in [0, 0.05) is 12.4 Å². The molecule has 2 rings (SSSR count). The molecule has 0 unspecified atom stereocenters. The molecule has 0 aromatic heterocycles. The lowest BCUT2D eigenvalue weighted by Crippen LogP contribution is -2.32. The summed E-state index contributed by atoms with van der Waals surface area (Å²) in [4.78, 5) is 25.5. The molecule has 4 heteroatoms. The van der Waals surface area contributed by atoms with E-state index in [-0.39, 0.29) is 23.7 Å². The summed E-state index contributed by atoms with van der Waals surface area (Å²) in [5, 5.41) is 0. The van der Waals surface area contributed by atoms with Gasteiger partial charge in [0.05, 0.1) is 11.8 Å². The van der Waals surface area contributed by atoms with Gasteiger partial charge in [-0.25, -0.2) is 0 Å². The van der Waals surface area contributed by atoms with Crippen molar-refractivity contribution in [1.82, 2.24) is 4.90 Å². The Hall–Kier alpha value is -0.570. The van der Waals surface area contributed by atoms with Gasteiger partial charge in [-0.05, 0) is 25.7 Å². The third kappa shape index (κ3) is 2.10. The fourth-order valence-corrected chi connectivity index (χ4v) is 3.00. The van der Waals surface area contributed by atoms with Crippen LogP contribution in [0, 0.1) is 11.8 Å². The summed E-state index contributed by atoms with van der Waals surface area (Å²) in [6.45, 7) is 0.567. The van der Waals surface area contributed by atoms with E-state index in [4.69, 9.17) is 11.6 Å². The summed E-state index contributed by atoms with van der Waals surface area (Å²) in [6.07, 6.45) is 5.70. The number of amides is 2. The zero-order valence-corrected chi connectivity index (χ0v) is 10.2. The smallest absolute Gasteiger partial charge is 0.233 e. The lowest BCUT2D eigenvalue weighted by Gasteiger charge is -2.19. The van der Waals surface area contributed by atoms with Gasteiger partial charge in [0.25, 0.3) is 0 Å². The fourth-order valence-electron chi connectivity index (χ4n) is 2.82. The van der Waals surface area contributed by atoms with Gasteiger partial charge >= 0.3 is 0 Å². The first-order chi connectivity index (χ1) is 7.75. The van der Waals surface area contributed by atoms with Crippen molar-refractivity contribution in [2.45, 2.75) is 38.5 Å². The van der Waals surface area contributed by atoms with Crippen molar-refractivity contribution >= 4 is 23.4 Å². The summed E-state index contributed by atoms with van der Waals surface area (Å²) in [7, 11) is 0. The Kier molecular flexibility index (Phi) is 3.85. The predicted octanol–water partition coefficient (Wildman–Crippen LogP) is 2.18. The van der Waals surface area contributed by atoms with E-state index in [1.54, 1.807) is 0 Å². The van der Waals surface area contributed by atoms with Crippen molar-refractivity contribution in [2.75, 3.05) is 12.4 Å². The molecule has 1 aliphatic heterocycles. The second-order valence-electron chi connectivity index (χ2n) is 4.72. The number of rotatable bonds is 4. The van der Waals surface area contributed by atoms with E-state index in [9.17, 15) is 9.59 Å². The van der Waals surface area contributed by atoms with Crippen LogP contribution in [0.25, 0.3) is 0 Å². The van der Waals surface area contributed by atoms with Crippen LogP contribution in [0.4, 0.5) is 0 Å². The van der Waals surface area contributed by atoms with Gasteiger partial charge in [-0.2, -0.15) is 0 Å². The standard InChI is InChI=1S/C12H18ClNO2/c13-7-3-4-8-14-11(15)9-5-1-2-6-10(9)12(14)16/h9-10H,1-8H2/t9-,10+. The first-order valence-corrected chi connectivity index (χ1v) is 6.70. The zero-order chi connectivity index (χ0) is 11.5. The summed E-state index contributed by atoms with van der Waals surface area (Å²) in [5.41, 5.74) is 0. The van der Waals surface area contributed by atoms with Gasteiger partial charge in [0.1, 0.15) is 0 Å². The maximum absolute atomic E-state index is 12.0. The summed E-state index contributed by atoms with van der Waals surface area (Å²) < 4.78 is 0. The van der Waals surface area contributed by atoms with Crippen molar-refractivity contribution < 1.29 is 9.59 Å². The molecule has 0 radical (unpaired) electrons. The normalized spacial score (nSPS) is 29.7. The quantitative estimate of drug-likeness (QED) is 0.431. The van der Waals surface area contributed by atoms with Crippen LogP contribution in [-0.2, 0) is 9.59 Å². The second-order valence-corrected chi connectivity index (χ2v) is 5.10. The maximum atomic E-state index is 12.0. The number of alkyl halides is 1. The molecule has 0 aromatic rings. The average molecular weight is 244 g/mol. The van der Waals surface area contributed by atoms with E-state index in [2.05, 4.69) is 0 Å². The van der Waals surface area contributed by atoms with Crippen LogP contribution in [0.2, 0.25) is 0 Å². The highest BCUT2D eigenvalue weighted by atomic mass is 35.5. The van der Waals surface area contributed by atoms with Crippen molar-refractivity contribution in [3.63, 3.8) is 0 Å². The number of hydrogen-bond acceptors (Lipinski definition) is 2. The first kappa shape index (κ1) is 11.9. The van der Waals surface area contributed by atoms with Crippen molar-refractivity contribution in [3.05, 3.63) is 0 Å². The van der Waals surface area contributed by atoms with Gasteiger partial charge < -0.3 is 0 Å². The van der Waals surface area contributed by atoms with E-state index in [1.165, 1.54) is 4.90 Å². The zero-order valence-electron chi connectivity index (χ0n) is 9.45. The van der Waals surface area contributed by atoms with Crippen molar-refractivity contribution in [2.24, 2.45) is 11.8 Å². The number of carbonyl (C=O) groups is 2. The van der Waals surface area contributed by atoms with E-state index < -0.39 is 0 Å². The molecule has 90 valence electrons. The topological polar surface area (TPSA) is 37.4 Å². The Bertz CT molecular complexity index is 269. The Morgan fingerprint density at radius 1 is 1.06 bits per heavy atom. The molecule has 3 nitrogen and oxygen atoms in total. The van der Waals surface area contributed by atoms with Crippen molar-refractivity contribution in [3.8, 4) is 0 Å². The molecule has 2 atom stereocenters. The summed E-state index contributed by atoms with van der Waals surface area (Å²) in [6, 6.07) is 0. The Balaban J connectivity index is 1.98. The van der Waals surface area contributed by atoms with Gasteiger partial charge in [-0.3, -0.25) is 14.5 Å². The van der Waals surface area contributed by atoms with E-state index in [0.717, 1.165) is 38.5 Å². The number of likely N-dealkylation sites (tertiary alicyclic amines) is 1. The molecule has 2 amide bonds. The van der Waals surface area contributed by atoms with Crippen molar-refractivity contribution in [1.29, 1.82) is 0 Å². The van der Waals surface area contributed by atoms with Crippen LogP contribution in [0.1, 0.15) is 38.5 Å². The van der Waals surface area contributed by atoms with Crippen LogP contribution in [0.5, 0.6) is 0 Å². The molecule has 1 saturated heterocycles. The molecule has 0 aromatic carbocycles. The molecule has 0 spiro atoms. The number of unbranched alkanes of at least 4 members (excludes halogenated alkanes) is 1. The van der Waals surface area contributed by atoms with Gasteiger partial charge in [0.2, 0.25) is 11.8 Å². The molecule has 0 bridgehead atoms. The molecular weight excluding hydrogens is 226 g/mol. The van der Waals surface area contributed by atoms with Gasteiger partial charge in [-0.1, -0.05) is 12.8 Å². The lowest BCUT2D eigenvalue weighted by atomic mass is 9.81. The molecule has 16 heavy (non-hydrogen) atoms. The number of carbonyl (C=O) groups excluding carboxylic acids is 2. The Labute approximate surface area is 101 Å². The molecule has 2 aliphatic rings. The van der Waals surface area contributed by atoms with Crippen LogP contribution < -0.4 is 0 Å². The second kappa shape index (κ2) is 5.17. The third-order valence-electron chi connectivity index (χ3n) is 3.70. The highest BCUT2D eigenvalue weighted by Gasteiger charge is 2.47. The number of halogens is 1. The average Bonchev–Trinajstić information content (AvgIpc) is 2.55. The monoisotopic (exact) mass is 243 g/mol. The Morgan fingerprint density at radius 3 is 2.12 bits per heavy atom. The van der Waals surface area contributed by atoms with E-state index in [1.807, 2.05) is 0 Å². The number of hydrogen-bond donors (Lipinski definition) is 0. The predicted molar refractivity (Wildman–Crippen MR) is 62.1 cm³/mol. The molecule has 1 aliphatic carbocycles. The third-order valence-corrected chi connectivity index (χ3v) is 3.97. The van der Waals surface area contributed by atoms with Crippen LogP contribution >= 0.6 is 11.6 Å². The van der Waals surface area contributed by atoms with Crippen LogP contribution in [0.15, 0.2) is 0 Å². The summed E-state index contributed by atoms with van der Waals surface area (Å²) in [5.74, 6) is 0.742. The highest BCUT2D eigenvalue weighted by Crippen LogP contribution is 2.37. The van der Waals surface area contributed by atoms with E-state index in [0.29, 0.717) is 12.4 Å². The minimum absolute atomic E-state index is 0.00254. The number of imide groups is 1. The first-order valence-electron chi connectivity index (χ1n) is 6.17. The largest absolute Gasteiger partial charge is 0.282 e. The number of fused-ring (bicyclic) bond motifs is 1. The van der Waals surface area contributed by atoms with Crippen LogP contribution in [-0.4, -0.2) is 29.1 Å². The van der Waals surface area contributed by atoms with Gasteiger partial charge in [-0.15, -0.1) is 11.6 Å². The van der Waals surface area contributed by atoms with E-state index >= 15 is 0 Å². The highest BCUT2D eigenvalue weighted by molar-refractivity contribution is 6.17. The van der Waals surface area contributed by atoms with Crippen LogP contribution in [0.3, 0.4) is 0 Å². The number of nitrogens with zero attached hydrogens (tertiary/aromatic N) is 1. The molecular formula is C12H18ClNO2. The molecule has 1 saturated carbocycles. The fraction of sp³-hybridized carbons (Fsp3) is 0.833. The Morgan fingerprint density at radius 2 is 1.62 bits per heavy atom. The molecule has 1 heterocycles. The molecule has 0 N–H and O–H groups in total. The minimum Gasteiger partial charge on any atom is -0.282 e.